The van der Waals surface area contributed by atoms with E-state index >= 15 is 0 Å². The maximum Gasteiger partial charge on any atom is 0.243 e. The van der Waals surface area contributed by atoms with Gasteiger partial charge in [0.1, 0.15) is 0 Å². The normalized spacial score (nSPS) is 13.0. The summed E-state index contributed by atoms with van der Waals surface area (Å²) in [7, 11) is 0. The van der Waals surface area contributed by atoms with E-state index in [1.807, 2.05) is 13.8 Å². The van der Waals surface area contributed by atoms with Gasteiger partial charge in [-0.15, -0.1) is 0 Å². The Morgan fingerprint density at radius 1 is 0.909 bits per heavy atom. The van der Waals surface area contributed by atoms with Crippen LogP contribution in [0.15, 0.2) is 25.3 Å². The molecule has 0 radical (unpaired) electrons. The van der Waals surface area contributed by atoms with Crippen LogP contribution in [-0.4, -0.2) is 50.3 Å². The average Bonchev–Trinajstić information content (AvgIpc) is 2.52. The summed E-state index contributed by atoms with van der Waals surface area (Å²) >= 11 is 0. The van der Waals surface area contributed by atoms with Crippen LogP contribution in [0.5, 0.6) is 0 Å². The van der Waals surface area contributed by atoms with Crippen molar-refractivity contribution in [2.75, 3.05) is 26.3 Å². The molecular weight excluding hydrogens is 284 g/mol. The molecule has 126 valence electrons. The highest BCUT2D eigenvalue weighted by atomic mass is 16.5. The summed E-state index contributed by atoms with van der Waals surface area (Å²) in [5, 5.41) is 5.38. The monoisotopic (exact) mass is 312 g/mol. The first-order chi connectivity index (χ1) is 10.5. The molecule has 2 unspecified atom stereocenters. The molecule has 0 saturated heterocycles. The highest BCUT2D eigenvalue weighted by Crippen LogP contribution is 2.04. The SMILES string of the molecule is C=CC(=O)NCCCOC(C)C(C)OCCCNC(=O)C=C. The Morgan fingerprint density at radius 3 is 1.59 bits per heavy atom. The number of amides is 2. The van der Waals surface area contributed by atoms with Crippen molar-refractivity contribution in [2.24, 2.45) is 0 Å². The maximum atomic E-state index is 10.9. The molecule has 0 aliphatic heterocycles. The summed E-state index contributed by atoms with van der Waals surface area (Å²) in [6.07, 6.45) is 3.91. The molecule has 2 N–H and O–H groups in total. The lowest BCUT2D eigenvalue weighted by Gasteiger charge is -2.21. The lowest BCUT2D eigenvalue weighted by Crippen LogP contribution is -2.29. The lowest BCUT2D eigenvalue weighted by molar-refractivity contribution is -0.117. The smallest absolute Gasteiger partial charge is 0.243 e. The molecule has 0 aromatic rings. The minimum absolute atomic E-state index is 0.0297. The summed E-state index contributed by atoms with van der Waals surface area (Å²) in [4.78, 5) is 21.9. The van der Waals surface area contributed by atoms with E-state index in [0.29, 0.717) is 26.3 Å². The first-order valence-electron chi connectivity index (χ1n) is 7.55. The Morgan fingerprint density at radius 2 is 1.27 bits per heavy atom. The number of hydrogen-bond acceptors (Lipinski definition) is 4. The van der Waals surface area contributed by atoms with Crippen molar-refractivity contribution in [1.29, 1.82) is 0 Å². The zero-order chi connectivity index (χ0) is 16.8. The van der Waals surface area contributed by atoms with Crippen LogP contribution < -0.4 is 10.6 Å². The molecule has 0 bridgehead atoms. The van der Waals surface area contributed by atoms with Crippen LogP contribution in [-0.2, 0) is 19.1 Å². The van der Waals surface area contributed by atoms with Crippen LogP contribution in [0.1, 0.15) is 26.7 Å². The summed E-state index contributed by atoms with van der Waals surface area (Å²) in [5.74, 6) is -0.346. The van der Waals surface area contributed by atoms with Gasteiger partial charge in [-0.3, -0.25) is 9.59 Å². The van der Waals surface area contributed by atoms with Crippen molar-refractivity contribution >= 4 is 11.8 Å². The minimum atomic E-state index is -0.173. The molecule has 6 nitrogen and oxygen atoms in total. The Kier molecular flexibility index (Phi) is 12.1. The molecule has 2 amide bonds. The Bertz CT molecular complexity index is 324. The van der Waals surface area contributed by atoms with Crippen molar-refractivity contribution < 1.29 is 19.1 Å². The predicted octanol–water partition coefficient (Wildman–Crippen LogP) is 1.18. The van der Waals surface area contributed by atoms with Gasteiger partial charge in [0.2, 0.25) is 11.8 Å². The van der Waals surface area contributed by atoms with Crippen LogP contribution in [0, 0.1) is 0 Å². The highest BCUT2D eigenvalue weighted by molar-refractivity contribution is 5.87. The van der Waals surface area contributed by atoms with Gasteiger partial charge in [-0.2, -0.15) is 0 Å². The molecular formula is C16H28N2O4. The fraction of sp³-hybridized carbons (Fsp3) is 0.625. The highest BCUT2D eigenvalue weighted by Gasteiger charge is 2.12. The van der Waals surface area contributed by atoms with E-state index in [-0.39, 0.29) is 24.0 Å². The van der Waals surface area contributed by atoms with E-state index in [1.54, 1.807) is 0 Å². The molecule has 0 heterocycles. The first kappa shape index (κ1) is 20.3. The van der Waals surface area contributed by atoms with Gasteiger partial charge in [-0.05, 0) is 38.8 Å². The van der Waals surface area contributed by atoms with E-state index in [9.17, 15) is 9.59 Å². The van der Waals surface area contributed by atoms with Crippen LogP contribution in [0.2, 0.25) is 0 Å². The van der Waals surface area contributed by atoms with E-state index < -0.39 is 0 Å². The van der Waals surface area contributed by atoms with Gasteiger partial charge in [0.05, 0.1) is 12.2 Å². The van der Waals surface area contributed by atoms with Gasteiger partial charge in [-0.1, -0.05) is 13.2 Å². The van der Waals surface area contributed by atoms with Crippen LogP contribution in [0.3, 0.4) is 0 Å². The second-order valence-corrected chi connectivity index (χ2v) is 4.85. The number of carbonyl (C=O) groups is 2. The Balaban J connectivity index is 3.55. The third kappa shape index (κ3) is 11.0. The second-order valence-electron chi connectivity index (χ2n) is 4.85. The standard InChI is InChI=1S/C16H28N2O4/c1-5-15(19)17-9-7-11-21-13(3)14(4)22-12-8-10-18-16(20)6-2/h5-6,13-14H,1-2,7-12H2,3-4H3,(H,17,19)(H,18,20). The molecule has 0 fully saturated rings. The second kappa shape index (κ2) is 13.0. The van der Waals surface area contributed by atoms with Crippen molar-refractivity contribution in [3.05, 3.63) is 25.3 Å². The summed E-state index contributed by atoms with van der Waals surface area (Å²) < 4.78 is 11.3. The van der Waals surface area contributed by atoms with Crippen LogP contribution in [0.4, 0.5) is 0 Å². The van der Waals surface area contributed by atoms with Crippen LogP contribution in [0.25, 0.3) is 0 Å². The third-order valence-electron chi connectivity index (χ3n) is 3.03. The summed E-state index contributed by atoms with van der Waals surface area (Å²) in [6.45, 7) is 12.9. The molecule has 0 saturated carbocycles. The number of hydrogen-bond donors (Lipinski definition) is 2. The van der Waals surface area contributed by atoms with Gasteiger partial charge < -0.3 is 20.1 Å². The van der Waals surface area contributed by atoms with Gasteiger partial charge in [-0.25, -0.2) is 0 Å². The van der Waals surface area contributed by atoms with Gasteiger partial charge in [0.15, 0.2) is 0 Å². The fourth-order valence-corrected chi connectivity index (χ4v) is 1.52. The van der Waals surface area contributed by atoms with Gasteiger partial charge in [0, 0.05) is 26.3 Å². The number of ether oxygens (including phenoxy) is 2. The van der Waals surface area contributed by atoms with Crippen molar-refractivity contribution in [1.82, 2.24) is 10.6 Å². The molecule has 0 aromatic carbocycles. The van der Waals surface area contributed by atoms with Gasteiger partial charge in [0.25, 0.3) is 0 Å². The Labute approximate surface area is 132 Å². The number of carbonyl (C=O) groups excluding carboxylic acids is 2. The quantitative estimate of drug-likeness (QED) is 0.395. The fourth-order valence-electron chi connectivity index (χ4n) is 1.52. The van der Waals surface area contributed by atoms with E-state index in [1.165, 1.54) is 12.2 Å². The molecule has 0 rings (SSSR count). The minimum Gasteiger partial charge on any atom is -0.376 e. The predicted molar refractivity (Wildman–Crippen MR) is 86.5 cm³/mol. The molecule has 0 aliphatic rings. The van der Waals surface area contributed by atoms with Crippen molar-refractivity contribution in [3.8, 4) is 0 Å². The Hall–Kier alpha value is -1.66. The van der Waals surface area contributed by atoms with E-state index in [0.717, 1.165) is 12.8 Å². The lowest BCUT2D eigenvalue weighted by atomic mass is 10.2. The van der Waals surface area contributed by atoms with Crippen molar-refractivity contribution in [3.63, 3.8) is 0 Å². The third-order valence-corrected chi connectivity index (χ3v) is 3.03. The van der Waals surface area contributed by atoms with Crippen molar-refractivity contribution in [2.45, 2.75) is 38.9 Å². The molecule has 6 heteroatoms. The average molecular weight is 312 g/mol. The maximum absolute atomic E-state index is 10.9. The largest absolute Gasteiger partial charge is 0.376 e. The molecule has 0 aliphatic carbocycles. The molecule has 2 atom stereocenters. The zero-order valence-corrected chi connectivity index (χ0v) is 13.6. The zero-order valence-electron chi connectivity index (χ0n) is 13.6. The first-order valence-corrected chi connectivity index (χ1v) is 7.55. The number of nitrogens with one attached hydrogen (secondary N) is 2. The molecule has 22 heavy (non-hydrogen) atoms. The van der Waals surface area contributed by atoms with Gasteiger partial charge >= 0.3 is 0 Å². The van der Waals surface area contributed by atoms with Crippen LogP contribution >= 0.6 is 0 Å². The topological polar surface area (TPSA) is 76.7 Å². The number of rotatable bonds is 13. The summed E-state index contributed by atoms with van der Waals surface area (Å²) in [5.41, 5.74) is 0. The van der Waals surface area contributed by atoms with E-state index in [4.69, 9.17) is 9.47 Å². The summed E-state index contributed by atoms with van der Waals surface area (Å²) in [6, 6.07) is 0. The molecule has 0 spiro atoms. The molecule has 0 aromatic heterocycles. The van der Waals surface area contributed by atoms with E-state index in [2.05, 4.69) is 23.8 Å².